The number of ether oxygens (including phenoxy) is 3. The first-order valence-electron chi connectivity index (χ1n) is 10.4. The molecule has 1 saturated heterocycles. The number of H-pyrrole nitrogens is 1. The normalized spacial score (nSPS) is 18.2. The Hall–Kier alpha value is -3.39. The number of aromatic nitrogens is 3. The predicted molar refractivity (Wildman–Crippen MR) is 114 cm³/mol. The molecule has 3 aromatic rings. The molecule has 4 heterocycles. The van der Waals surface area contributed by atoms with Crippen molar-refractivity contribution in [2.45, 2.75) is 25.3 Å². The van der Waals surface area contributed by atoms with Gasteiger partial charge in [-0.3, -0.25) is 14.7 Å². The van der Waals surface area contributed by atoms with Gasteiger partial charge < -0.3 is 19.2 Å². The standard InChI is InChI=1S/C23H24N4O4/c1-29-19-11-21-20(30-14-31-21)9-17(19)13-27-8-2-3-16(12-27)18-10-22(28)26-23(25-18)15-4-6-24-7-5-15/h4-7,9-11,16H,2-3,8,12-14H2,1H3,(H,25,26,28). The lowest BCUT2D eigenvalue weighted by Crippen LogP contribution is -2.34. The maximum absolute atomic E-state index is 12.3. The molecule has 160 valence electrons. The van der Waals surface area contributed by atoms with Crippen molar-refractivity contribution in [3.8, 4) is 28.6 Å². The monoisotopic (exact) mass is 420 g/mol. The summed E-state index contributed by atoms with van der Waals surface area (Å²) in [5, 5.41) is 0. The maximum atomic E-state index is 12.3. The summed E-state index contributed by atoms with van der Waals surface area (Å²) in [7, 11) is 1.67. The molecular weight excluding hydrogens is 396 g/mol. The molecular formula is C23H24N4O4. The van der Waals surface area contributed by atoms with Gasteiger partial charge in [0.25, 0.3) is 5.56 Å². The van der Waals surface area contributed by atoms with Crippen LogP contribution in [-0.2, 0) is 6.54 Å². The van der Waals surface area contributed by atoms with Crippen molar-refractivity contribution in [2.24, 2.45) is 0 Å². The van der Waals surface area contributed by atoms with Crippen molar-refractivity contribution < 1.29 is 14.2 Å². The van der Waals surface area contributed by atoms with Crippen LogP contribution in [0.4, 0.5) is 0 Å². The second kappa shape index (κ2) is 8.39. The van der Waals surface area contributed by atoms with Gasteiger partial charge in [0.2, 0.25) is 6.79 Å². The molecule has 1 N–H and O–H groups in total. The molecule has 5 rings (SSSR count). The number of piperidine rings is 1. The summed E-state index contributed by atoms with van der Waals surface area (Å²) < 4.78 is 16.6. The summed E-state index contributed by atoms with van der Waals surface area (Å²) in [5.41, 5.74) is 2.61. The first kappa shape index (κ1) is 19.6. The van der Waals surface area contributed by atoms with E-state index in [-0.39, 0.29) is 18.3 Å². The minimum absolute atomic E-state index is 0.133. The highest BCUT2D eigenvalue weighted by Gasteiger charge is 2.25. The van der Waals surface area contributed by atoms with Crippen molar-refractivity contribution in [3.05, 3.63) is 64.3 Å². The number of hydrogen-bond acceptors (Lipinski definition) is 7. The number of aromatic amines is 1. The van der Waals surface area contributed by atoms with Gasteiger partial charge in [-0.1, -0.05) is 0 Å². The van der Waals surface area contributed by atoms with E-state index in [1.807, 2.05) is 24.3 Å². The van der Waals surface area contributed by atoms with Crippen molar-refractivity contribution in [1.82, 2.24) is 19.9 Å². The summed E-state index contributed by atoms with van der Waals surface area (Å²) >= 11 is 0. The van der Waals surface area contributed by atoms with Gasteiger partial charge in [0, 0.05) is 54.7 Å². The second-order valence-electron chi connectivity index (χ2n) is 7.85. The van der Waals surface area contributed by atoms with E-state index in [0.29, 0.717) is 11.6 Å². The van der Waals surface area contributed by atoms with Gasteiger partial charge in [0.05, 0.1) is 12.8 Å². The second-order valence-corrected chi connectivity index (χ2v) is 7.85. The van der Waals surface area contributed by atoms with Crippen molar-refractivity contribution in [1.29, 1.82) is 0 Å². The fourth-order valence-electron chi connectivity index (χ4n) is 4.29. The number of nitrogens with zero attached hydrogens (tertiary/aromatic N) is 3. The van der Waals surface area contributed by atoms with E-state index < -0.39 is 0 Å². The number of benzene rings is 1. The Bertz CT molecular complexity index is 1130. The van der Waals surface area contributed by atoms with Crippen molar-refractivity contribution in [3.63, 3.8) is 0 Å². The largest absolute Gasteiger partial charge is 0.496 e. The summed E-state index contributed by atoms with van der Waals surface area (Å²) in [6, 6.07) is 9.21. The van der Waals surface area contributed by atoms with Crippen LogP contribution in [0.2, 0.25) is 0 Å². The Morgan fingerprint density at radius 2 is 2.00 bits per heavy atom. The first-order chi connectivity index (χ1) is 15.2. The zero-order valence-corrected chi connectivity index (χ0v) is 17.3. The fourth-order valence-corrected chi connectivity index (χ4v) is 4.29. The van der Waals surface area contributed by atoms with Crippen LogP contribution >= 0.6 is 0 Å². The van der Waals surface area contributed by atoms with Gasteiger partial charge in [-0.2, -0.15) is 0 Å². The minimum atomic E-state index is -0.133. The Kier molecular flexibility index (Phi) is 5.30. The number of likely N-dealkylation sites (tertiary alicyclic amines) is 1. The molecule has 0 amide bonds. The smallest absolute Gasteiger partial charge is 0.251 e. The first-order valence-corrected chi connectivity index (χ1v) is 10.4. The van der Waals surface area contributed by atoms with Gasteiger partial charge in [-0.05, 0) is 37.6 Å². The van der Waals surface area contributed by atoms with E-state index in [1.54, 1.807) is 25.6 Å². The van der Waals surface area contributed by atoms with Gasteiger partial charge in [0.1, 0.15) is 11.6 Å². The molecule has 2 aromatic heterocycles. The van der Waals surface area contributed by atoms with Crippen LogP contribution in [0.15, 0.2) is 47.5 Å². The third-order valence-corrected chi connectivity index (χ3v) is 5.81. The average Bonchev–Trinajstić information content (AvgIpc) is 3.26. The number of nitrogens with one attached hydrogen (secondary N) is 1. The summed E-state index contributed by atoms with van der Waals surface area (Å²) in [4.78, 5) is 26.4. The van der Waals surface area contributed by atoms with Crippen molar-refractivity contribution in [2.75, 3.05) is 27.0 Å². The van der Waals surface area contributed by atoms with E-state index in [9.17, 15) is 4.79 Å². The molecule has 0 spiro atoms. The summed E-state index contributed by atoms with van der Waals surface area (Å²) in [5.74, 6) is 3.04. The number of hydrogen-bond donors (Lipinski definition) is 1. The van der Waals surface area contributed by atoms with Crippen LogP contribution in [-0.4, -0.2) is 46.8 Å². The Morgan fingerprint density at radius 1 is 1.19 bits per heavy atom. The van der Waals surface area contributed by atoms with Gasteiger partial charge in [-0.15, -0.1) is 0 Å². The molecule has 1 atom stereocenters. The third-order valence-electron chi connectivity index (χ3n) is 5.81. The van der Waals surface area contributed by atoms with E-state index in [0.717, 1.165) is 60.8 Å². The number of pyridine rings is 1. The molecule has 0 saturated carbocycles. The van der Waals surface area contributed by atoms with Gasteiger partial charge in [-0.25, -0.2) is 4.98 Å². The quantitative estimate of drug-likeness (QED) is 0.679. The third kappa shape index (κ3) is 4.11. The summed E-state index contributed by atoms with van der Waals surface area (Å²) in [6.45, 7) is 2.77. The predicted octanol–water partition coefficient (Wildman–Crippen LogP) is 2.95. The maximum Gasteiger partial charge on any atom is 0.251 e. The zero-order valence-electron chi connectivity index (χ0n) is 17.3. The number of methoxy groups -OCH3 is 1. The highest BCUT2D eigenvalue weighted by molar-refractivity contribution is 5.53. The minimum Gasteiger partial charge on any atom is -0.496 e. The van der Waals surface area contributed by atoms with Crippen molar-refractivity contribution >= 4 is 0 Å². The van der Waals surface area contributed by atoms with E-state index in [2.05, 4.69) is 14.9 Å². The van der Waals surface area contributed by atoms with Crippen LogP contribution in [0, 0.1) is 0 Å². The van der Waals surface area contributed by atoms with Crippen LogP contribution in [0.25, 0.3) is 11.4 Å². The average molecular weight is 420 g/mol. The van der Waals surface area contributed by atoms with Crippen LogP contribution in [0.3, 0.4) is 0 Å². The number of rotatable bonds is 5. The molecule has 0 aliphatic carbocycles. The van der Waals surface area contributed by atoms with Gasteiger partial charge >= 0.3 is 0 Å². The van der Waals surface area contributed by atoms with E-state index in [1.165, 1.54) is 0 Å². The lowest BCUT2D eigenvalue weighted by atomic mass is 9.94. The Morgan fingerprint density at radius 3 is 2.81 bits per heavy atom. The van der Waals surface area contributed by atoms with Crippen LogP contribution < -0.4 is 19.8 Å². The van der Waals surface area contributed by atoms with E-state index >= 15 is 0 Å². The molecule has 1 unspecified atom stereocenters. The molecule has 2 aliphatic heterocycles. The van der Waals surface area contributed by atoms with Crippen LogP contribution in [0.1, 0.15) is 30.0 Å². The molecule has 1 aromatic carbocycles. The SMILES string of the molecule is COc1cc2c(cc1CN1CCCC(c3cc(=O)[nH]c(-c4ccncc4)n3)C1)OCO2. The Labute approximate surface area is 179 Å². The Balaban J connectivity index is 1.37. The lowest BCUT2D eigenvalue weighted by molar-refractivity contribution is 0.173. The molecule has 0 radical (unpaired) electrons. The number of fused-ring (bicyclic) bond motifs is 1. The van der Waals surface area contributed by atoms with Crippen LogP contribution in [0.5, 0.6) is 17.2 Å². The molecule has 8 heteroatoms. The van der Waals surface area contributed by atoms with E-state index in [4.69, 9.17) is 19.2 Å². The topological polar surface area (TPSA) is 89.6 Å². The highest BCUT2D eigenvalue weighted by Crippen LogP contribution is 2.39. The van der Waals surface area contributed by atoms with Gasteiger partial charge in [0.15, 0.2) is 11.5 Å². The molecule has 8 nitrogen and oxygen atoms in total. The lowest BCUT2D eigenvalue weighted by Gasteiger charge is -2.32. The molecule has 1 fully saturated rings. The molecule has 0 bridgehead atoms. The zero-order chi connectivity index (χ0) is 21.2. The summed E-state index contributed by atoms with van der Waals surface area (Å²) in [6.07, 6.45) is 5.43. The molecule has 2 aliphatic rings. The molecule has 31 heavy (non-hydrogen) atoms. The highest BCUT2D eigenvalue weighted by atomic mass is 16.7. The fraction of sp³-hybridized carbons (Fsp3) is 0.348.